The number of hydrogen-bond donors (Lipinski definition) is 1. The third-order valence-electron chi connectivity index (χ3n) is 3.77. The Morgan fingerprint density at radius 3 is 2.48 bits per heavy atom. The van der Waals surface area contributed by atoms with E-state index in [1.165, 1.54) is 6.07 Å². The molecule has 2 aromatic carbocycles. The average molecular weight is 353 g/mol. The van der Waals surface area contributed by atoms with Gasteiger partial charge in [0.1, 0.15) is 23.8 Å². The van der Waals surface area contributed by atoms with Gasteiger partial charge in [-0.1, -0.05) is 29.3 Å². The summed E-state index contributed by atoms with van der Waals surface area (Å²) in [5.41, 5.74) is 6.93. The van der Waals surface area contributed by atoms with Crippen molar-refractivity contribution in [2.75, 3.05) is 13.2 Å². The molecule has 3 rings (SSSR count). The highest BCUT2D eigenvalue weighted by Gasteiger charge is 2.32. The number of ether oxygens (including phenoxy) is 1. The molecule has 0 amide bonds. The standard InChI is InChI=1S/C17H15Cl2FN2O/c1-17(9-23-8-16(21)22-17)14-6-10(2-3-15(14)20)11-4-12(18)7-13(19)5-11/h2-7H,8-9H2,1H3,(H2,21,22)/t17-/m0/s1. The van der Waals surface area contributed by atoms with E-state index in [0.717, 1.165) is 11.1 Å². The van der Waals surface area contributed by atoms with Crippen molar-refractivity contribution in [3.05, 3.63) is 57.8 Å². The molecule has 0 aliphatic carbocycles. The Morgan fingerprint density at radius 1 is 1.13 bits per heavy atom. The van der Waals surface area contributed by atoms with E-state index in [2.05, 4.69) is 4.99 Å². The number of halogens is 3. The van der Waals surface area contributed by atoms with Crippen LogP contribution in [0.15, 0.2) is 41.4 Å². The maximum atomic E-state index is 14.4. The van der Waals surface area contributed by atoms with Gasteiger partial charge in [0, 0.05) is 15.6 Å². The molecular weight excluding hydrogens is 338 g/mol. The van der Waals surface area contributed by atoms with E-state index < -0.39 is 5.54 Å². The summed E-state index contributed by atoms with van der Waals surface area (Å²) in [6.45, 7) is 2.33. The normalized spacial score (nSPS) is 21.1. The first-order chi connectivity index (χ1) is 10.9. The molecule has 120 valence electrons. The average Bonchev–Trinajstić information content (AvgIpc) is 2.46. The summed E-state index contributed by atoms with van der Waals surface area (Å²) < 4.78 is 19.8. The zero-order valence-electron chi connectivity index (χ0n) is 12.4. The van der Waals surface area contributed by atoms with E-state index in [9.17, 15) is 4.39 Å². The maximum Gasteiger partial charge on any atom is 0.128 e. The van der Waals surface area contributed by atoms with Crippen LogP contribution in [-0.2, 0) is 10.3 Å². The number of hydrogen-bond acceptors (Lipinski definition) is 3. The molecule has 2 N–H and O–H groups in total. The smallest absolute Gasteiger partial charge is 0.128 e. The highest BCUT2D eigenvalue weighted by atomic mass is 35.5. The Bertz CT molecular complexity index is 774. The molecule has 0 radical (unpaired) electrons. The van der Waals surface area contributed by atoms with Crippen LogP contribution >= 0.6 is 23.2 Å². The van der Waals surface area contributed by atoms with E-state index in [4.69, 9.17) is 33.7 Å². The minimum Gasteiger partial charge on any atom is -0.386 e. The molecule has 1 aliphatic heterocycles. The molecule has 0 bridgehead atoms. The third kappa shape index (κ3) is 3.34. The van der Waals surface area contributed by atoms with Gasteiger partial charge in [-0.2, -0.15) is 0 Å². The van der Waals surface area contributed by atoms with Crippen LogP contribution in [0.1, 0.15) is 12.5 Å². The van der Waals surface area contributed by atoms with Gasteiger partial charge in [0.2, 0.25) is 0 Å². The molecule has 0 aromatic heterocycles. The summed E-state index contributed by atoms with van der Waals surface area (Å²) in [6, 6.07) is 10.0. The molecule has 23 heavy (non-hydrogen) atoms. The lowest BCUT2D eigenvalue weighted by Crippen LogP contribution is -2.38. The quantitative estimate of drug-likeness (QED) is 0.870. The number of benzene rings is 2. The Kier molecular flexibility index (Phi) is 4.32. The first kappa shape index (κ1) is 16.2. The summed E-state index contributed by atoms with van der Waals surface area (Å²) >= 11 is 12.1. The zero-order valence-corrected chi connectivity index (χ0v) is 14.0. The summed E-state index contributed by atoms with van der Waals surface area (Å²) in [7, 11) is 0. The lowest BCUT2D eigenvalue weighted by atomic mass is 9.89. The minimum atomic E-state index is -0.856. The Hall–Kier alpha value is -1.62. The van der Waals surface area contributed by atoms with Gasteiger partial charge in [-0.15, -0.1) is 0 Å². The van der Waals surface area contributed by atoms with Crippen molar-refractivity contribution in [3.8, 4) is 11.1 Å². The van der Waals surface area contributed by atoms with Gasteiger partial charge in [-0.25, -0.2) is 4.39 Å². The van der Waals surface area contributed by atoms with Gasteiger partial charge in [-0.3, -0.25) is 4.99 Å². The van der Waals surface area contributed by atoms with Crippen molar-refractivity contribution in [2.24, 2.45) is 10.7 Å². The van der Waals surface area contributed by atoms with E-state index >= 15 is 0 Å². The van der Waals surface area contributed by atoms with Crippen molar-refractivity contribution < 1.29 is 9.13 Å². The Labute approximate surface area is 143 Å². The predicted octanol–water partition coefficient (Wildman–Crippen LogP) is 4.40. The van der Waals surface area contributed by atoms with Gasteiger partial charge < -0.3 is 10.5 Å². The first-order valence-electron chi connectivity index (χ1n) is 7.06. The van der Waals surface area contributed by atoms with Gasteiger partial charge in [0.05, 0.1) is 6.61 Å². The van der Waals surface area contributed by atoms with Crippen molar-refractivity contribution in [2.45, 2.75) is 12.5 Å². The van der Waals surface area contributed by atoms with Crippen LogP contribution in [0, 0.1) is 5.82 Å². The second kappa shape index (κ2) is 6.11. The molecule has 3 nitrogen and oxygen atoms in total. The SMILES string of the molecule is C[C@@]1(c2cc(-c3cc(Cl)cc(Cl)c3)ccc2F)COCC(N)=N1. The van der Waals surface area contributed by atoms with Crippen molar-refractivity contribution in [1.29, 1.82) is 0 Å². The molecule has 2 aromatic rings. The summed E-state index contributed by atoms with van der Waals surface area (Å²) in [5, 5.41) is 1.04. The molecule has 1 heterocycles. The number of nitrogens with zero attached hydrogens (tertiary/aromatic N) is 1. The molecule has 0 saturated carbocycles. The molecule has 0 unspecified atom stereocenters. The zero-order chi connectivity index (χ0) is 16.6. The van der Waals surface area contributed by atoms with E-state index in [0.29, 0.717) is 21.4 Å². The van der Waals surface area contributed by atoms with E-state index in [1.807, 2.05) is 0 Å². The summed E-state index contributed by atoms with van der Waals surface area (Å²) in [4.78, 5) is 4.39. The lowest BCUT2D eigenvalue weighted by Gasteiger charge is -2.30. The van der Waals surface area contributed by atoms with Crippen LogP contribution < -0.4 is 5.73 Å². The molecular formula is C17H15Cl2FN2O. The van der Waals surface area contributed by atoms with Gasteiger partial charge >= 0.3 is 0 Å². The largest absolute Gasteiger partial charge is 0.386 e. The van der Waals surface area contributed by atoms with Crippen LogP contribution in [0.5, 0.6) is 0 Å². The third-order valence-corrected chi connectivity index (χ3v) is 4.20. The predicted molar refractivity (Wildman–Crippen MR) is 91.6 cm³/mol. The Morgan fingerprint density at radius 2 is 1.83 bits per heavy atom. The highest BCUT2D eigenvalue weighted by molar-refractivity contribution is 6.35. The van der Waals surface area contributed by atoms with Crippen molar-refractivity contribution in [3.63, 3.8) is 0 Å². The monoisotopic (exact) mass is 352 g/mol. The van der Waals surface area contributed by atoms with Crippen molar-refractivity contribution in [1.82, 2.24) is 0 Å². The molecule has 0 spiro atoms. The number of aliphatic imine (C=N–C) groups is 1. The minimum absolute atomic E-state index is 0.265. The maximum absolute atomic E-state index is 14.4. The van der Waals surface area contributed by atoms with E-state index in [1.54, 1.807) is 37.3 Å². The summed E-state index contributed by atoms with van der Waals surface area (Å²) in [6.07, 6.45) is 0. The number of nitrogens with two attached hydrogens (primary N) is 1. The first-order valence-corrected chi connectivity index (χ1v) is 7.81. The lowest BCUT2D eigenvalue weighted by molar-refractivity contribution is 0.104. The van der Waals surface area contributed by atoms with Crippen molar-refractivity contribution >= 4 is 29.0 Å². The molecule has 0 saturated heterocycles. The van der Waals surface area contributed by atoms with Crippen LogP contribution in [0.4, 0.5) is 4.39 Å². The van der Waals surface area contributed by atoms with Gasteiger partial charge in [0.15, 0.2) is 0 Å². The summed E-state index contributed by atoms with van der Waals surface area (Å²) in [5.74, 6) is 0.000720. The highest BCUT2D eigenvalue weighted by Crippen LogP contribution is 2.34. The molecule has 6 heteroatoms. The topological polar surface area (TPSA) is 47.6 Å². The molecule has 0 fully saturated rings. The van der Waals surface area contributed by atoms with Gasteiger partial charge in [-0.05, 0) is 48.4 Å². The second-order valence-corrected chi connectivity index (χ2v) is 6.60. The fourth-order valence-electron chi connectivity index (χ4n) is 2.71. The van der Waals surface area contributed by atoms with Crippen LogP contribution in [0.2, 0.25) is 10.0 Å². The molecule has 1 atom stereocenters. The van der Waals surface area contributed by atoms with Crippen LogP contribution in [0.25, 0.3) is 11.1 Å². The Balaban J connectivity index is 2.11. The molecule has 1 aliphatic rings. The fourth-order valence-corrected chi connectivity index (χ4v) is 3.24. The van der Waals surface area contributed by atoms with Crippen LogP contribution in [-0.4, -0.2) is 19.0 Å². The fraction of sp³-hybridized carbons (Fsp3) is 0.235. The van der Waals surface area contributed by atoms with E-state index in [-0.39, 0.29) is 19.0 Å². The number of amidine groups is 1. The van der Waals surface area contributed by atoms with Crippen LogP contribution in [0.3, 0.4) is 0 Å². The van der Waals surface area contributed by atoms with Gasteiger partial charge in [0.25, 0.3) is 0 Å². The number of rotatable bonds is 2. The second-order valence-electron chi connectivity index (χ2n) is 5.72.